The molecule has 0 aliphatic rings. The van der Waals surface area contributed by atoms with Crippen molar-refractivity contribution in [2.45, 2.75) is 19.4 Å². The predicted octanol–water partition coefficient (Wildman–Crippen LogP) is 4.03. The van der Waals surface area contributed by atoms with Crippen LogP contribution >= 0.6 is 11.6 Å². The van der Waals surface area contributed by atoms with Crippen LogP contribution in [0.25, 0.3) is 0 Å². The molecule has 0 saturated heterocycles. The topological polar surface area (TPSA) is 26.0 Å². The van der Waals surface area contributed by atoms with Gasteiger partial charge in [0.25, 0.3) is 0 Å². The Morgan fingerprint density at radius 1 is 1.22 bits per heavy atom. The summed E-state index contributed by atoms with van der Waals surface area (Å²) in [5.41, 5.74) is 8.95. The van der Waals surface area contributed by atoms with E-state index in [1.807, 2.05) is 31.2 Å². The van der Waals surface area contributed by atoms with Gasteiger partial charge in [-0.05, 0) is 48.2 Å². The molecule has 0 radical (unpaired) electrons. The first kappa shape index (κ1) is 13.1. The average molecular weight is 264 g/mol. The Morgan fingerprint density at radius 3 is 2.67 bits per heavy atom. The normalized spacial score (nSPS) is 12.4. The summed E-state index contributed by atoms with van der Waals surface area (Å²) in [5, 5.41) is 0.696. The molecule has 1 nitrogen and oxygen atoms in total. The largest absolute Gasteiger partial charge is 0.324 e. The van der Waals surface area contributed by atoms with Gasteiger partial charge < -0.3 is 5.73 Å². The molecule has 0 aliphatic carbocycles. The number of hydrogen-bond acceptors (Lipinski definition) is 1. The van der Waals surface area contributed by atoms with E-state index in [0.717, 1.165) is 16.7 Å². The van der Waals surface area contributed by atoms with Crippen LogP contribution in [0.4, 0.5) is 4.39 Å². The zero-order valence-electron chi connectivity index (χ0n) is 10.2. The molecule has 0 fully saturated rings. The maximum absolute atomic E-state index is 13.2. The first-order valence-electron chi connectivity index (χ1n) is 5.83. The fourth-order valence-corrected chi connectivity index (χ4v) is 2.23. The lowest BCUT2D eigenvalue weighted by Crippen LogP contribution is -2.15. The van der Waals surface area contributed by atoms with Crippen molar-refractivity contribution in [3.05, 3.63) is 70.0 Å². The van der Waals surface area contributed by atoms with Crippen LogP contribution in [0.2, 0.25) is 5.02 Å². The molecular weight excluding hydrogens is 249 g/mol. The number of nitrogens with two attached hydrogens (primary N) is 1. The molecule has 2 rings (SSSR count). The number of halogens is 2. The maximum Gasteiger partial charge on any atom is 0.123 e. The van der Waals surface area contributed by atoms with Crippen molar-refractivity contribution in [3.63, 3.8) is 0 Å². The van der Waals surface area contributed by atoms with E-state index in [0.29, 0.717) is 11.4 Å². The van der Waals surface area contributed by atoms with E-state index < -0.39 is 0 Å². The van der Waals surface area contributed by atoms with Gasteiger partial charge in [0.05, 0.1) is 0 Å². The van der Waals surface area contributed by atoms with E-state index in [4.69, 9.17) is 17.3 Å². The highest BCUT2D eigenvalue weighted by atomic mass is 35.5. The molecule has 0 amide bonds. The molecule has 18 heavy (non-hydrogen) atoms. The second kappa shape index (κ2) is 5.51. The van der Waals surface area contributed by atoms with Crippen molar-refractivity contribution in [1.82, 2.24) is 0 Å². The Balaban J connectivity index is 2.25. The molecule has 2 aromatic rings. The molecule has 2 N–H and O–H groups in total. The van der Waals surface area contributed by atoms with Crippen molar-refractivity contribution in [3.8, 4) is 0 Å². The number of benzene rings is 2. The van der Waals surface area contributed by atoms with Crippen molar-refractivity contribution < 1.29 is 4.39 Å². The van der Waals surface area contributed by atoms with Gasteiger partial charge in [0.15, 0.2) is 0 Å². The van der Waals surface area contributed by atoms with Crippen LogP contribution < -0.4 is 5.73 Å². The molecule has 94 valence electrons. The van der Waals surface area contributed by atoms with Gasteiger partial charge in [-0.3, -0.25) is 0 Å². The number of aryl methyl sites for hydroxylation is 1. The highest BCUT2D eigenvalue weighted by Gasteiger charge is 2.12. The molecule has 0 spiro atoms. The maximum atomic E-state index is 13.2. The van der Waals surface area contributed by atoms with E-state index in [-0.39, 0.29) is 11.9 Å². The fraction of sp³-hybridized carbons (Fsp3) is 0.200. The molecule has 0 bridgehead atoms. The third-order valence-electron chi connectivity index (χ3n) is 3.04. The van der Waals surface area contributed by atoms with Crippen molar-refractivity contribution in [1.29, 1.82) is 0 Å². The minimum absolute atomic E-state index is 0.249. The van der Waals surface area contributed by atoms with E-state index in [2.05, 4.69) is 0 Å². The number of hydrogen-bond donors (Lipinski definition) is 1. The van der Waals surface area contributed by atoms with Crippen LogP contribution in [0, 0.1) is 12.7 Å². The van der Waals surface area contributed by atoms with Crippen LogP contribution in [-0.2, 0) is 6.42 Å². The summed E-state index contributed by atoms with van der Waals surface area (Å²) in [5.74, 6) is -0.259. The summed E-state index contributed by atoms with van der Waals surface area (Å²) in [6.07, 6.45) is 0.601. The van der Waals surface area contributed by atoms with Gasteiger partial charge in [-0.1, -0.05) is 35.9 Å². The van der Waals surface area contributed by atoms with E-state index >= 15 is 0 Å². The second-order valence-corrected chi connectivity index (χ2v) is 4.81. The van der Waals surface area contributed by atoms with E-state index in [1.54, 1.807) is 6.07 Å². The molecule has 0 saturated carbocycles. The van der Waals surface area contributed by atoms with Gasteiger partial charge in [0, 0.05) is 11.1 Å². The summed E-state index contributed by atoms with van der Waals surface area (Å²) < 4.78 is 13.2. The number of rotatable bonds is 3. The van der Waals surface area contributed by atoms with Crippen LogP contribution in [0.3, 0.4) is 0 Å². The Hall–Kier alpha value is -1.38. The van der Waals surface area contributed by atoms with E-state index in [1.165, 1.54) is 12.1 Å². The highest BCUT2D eigenvalue weighted by molar-refractivity contribution is 6.31. The summed E-state index contributed by atoms with van der Waals surface area (Å²) in [7, 11) is 0. The molecular formula is C15H15ClFN. The minimum atomic E-state index is -0.259. The first-order valence-corrected chi connectivity index (χ1v) is 6.21. The summed E-state index contributed by atoms with van der Waals surface area (Å²) >= 11 is 6.10. The van der Waals surface area contributed by atoms with Gasteiger partial charge >= 0.3 is 0 Å². The van der Waals surface area contributed by atoms with Gasteiger partial charge in [-0.25, -0.2) is 4.39 Å². The summed E-state index contributed by atoms with van der Waals surface area (Å²) in [6.45, 7) is 1.93. The van der Waals surface area contributed by atoms with Crippen LogP contribution in [-0.4, -0.2) is 0 Å². The molecule has 0 aromatic heterocycles. The quantitative estimate of drug-likeness (QED) is 0.889. The van der Waals surface area contributed by atoms with Gasteiger partial charge in [0.1, 0.15) is 5.82 Å². The van der Waals surface area contributed by atoms with E-state index in [9.17, 15) is 4.39 Å². The Morgan fingerprint density at radius 2 is 1.94 bits per heavy atom. The lowest BCUT2D eigenvalue weighted by molar-refractivity contribution is 0.617. The first-order chi connectivity index (χ1) is 8.58. The standard InChI is InChI=1S/C15H15ClFN/c1-10-6-7-12(17)9-13(10)15(18)8-11-4-2-3-5-14(11)16/h2-7,9,15H,8,18H2,1H3. The monoisotopic (exact) mass is 263 g/mol. The van der Waals surface area contributed by atoms with Gasteiger partial charge in [0.2, 0.25) is 0 Å². The smallest absolute Gasteiger partial charge is 0.123 e. The third kappa shape index (κ3) is 2.89. The second-order valence-electron chi connectivity index (χ2n) is 4.40. The van der Waals surface area contributed by atoms with Gasteiger partial charge in [-0.2, -0.15) is 0 Å². The lowest BCUT2D eigenvalue weighted by atomic mass is 9.96. The van der Waals surface area contributed by atoms with Crippen LogP contribution in [0.5, 0.6) is 0 Å². The molecule has 1 atom stereocenters. The molecule has 1 unspecified atom stereocenters. The fourth-order valence-electron chi connectivity index (χ4n) is 2.02. The summed E-state index contributed by atoms with van der Waals surface area (Å²) in [6, 6.07) is 12.0. The third-order valence-corrected chi connectivity index (χ3v) is 3.41. The Kier molecular flexibility index (Phi) is 4.00. The minimum Gasteiger partial charge on any atom is -0.324 e. The Labute approximate surface area is 111 Å². The zero-order chi connectivity index (χ0) is 13.1. The molecule has 3 heteroatoms. The Bertz CT molecular complexity index is 554. The zero-order valence-corrected chi connectivity index (χ0v) is 10.9. The van der Waals surface area contributed by atoms with Crippen LogP contribution in [0.15, 0.2) is 42.5 Å². The van der Waals surface area contributed by atoms with Crippen molar-refractivity contribution in [2.24, 2.45) is 5.73 Å². The molecule has 2 aromatic carbocycles. The molecule has 0 heterocycles. The van der Waals surface area contributed by atoms with Gasteiger partial charge in [-0.15, -0.1) is 0 Å². The lowest BCUT2D eigenvalue weighted by Gasteiger charge is -2.15. The SMILES string of the molecule is Cc1ccc(F)cc1C(N)Cc1ccccc1Cl. The average Bonchev–Trinajstić information content (AvgIpc) is 2.35. The predicted molar refractivity (Wildman–Crippen MR) is 73.2 cm³/mol. The van der Waals surface area contributed by atoms with Crippen molar-refractivity contribution in [2.75, 3.05) is 0 Å². The van der Waals surface area contributed by atoms with Crippen molar-refractivity contribution >= 4 is 11.6 Å². The highest BCUT2D eigenvalue weighted by Crippen LogP contribution is 2.24. The summed E-state index contributed by atoms with van der Waals surface area (Å²) in [4.78, 5) is 0. The van der Waals surface area contributed by atoms with Crippen LogP contribution in [0.1, 0.15) is 22.7 Å². The molecule has 0 aliphatic heterocycles.